The molecule has 0 bridgehead atoms. The molecule has 0 unspecified atom stereocenters. The maximum Gasteiger partial charge on any atom is 0.317 e. The summed E-state index contributed by atoms with van der Waals surface area (Å²) >= 11 is 0. The number of likely N-dealkylation sites (tertiary alicyclic amines) is 1. The second-order valence-corrected chi connectivity index (χ2v) is 5.18. The van der Waals surface area contributed by atoms with Crippen molar-refractivity contribution in [3.05, 3.63) is 30.1 Å². The maximum absolute atomic E-state index is 13.3. The van der Waals surface area contributed by atoms with Crippen LogP contribution in [0.1, 0.15) is 19.8 Å². The number of halogens is 1. The molecule has 1 aromatic carbocycles. The molecule has 0 aromatic heterocycles. The molecule has 1 heterocycles. The van der Waals surface area contributed by atoms with E-state index >= 15 is 0 Å². The van der Waals surface area contributed by atoms with Crippen molar-refractivity contribution in [1.29, 1.82) is 0 Å². The number of benzene rings is 1. The number of ether oxygens (including phenoxy) is 1. The molecule has 1 aliphatic rings. The van der Waals surface area contributed by atoms with Gasteiger partial charge in [0.05, 0.1) is 6.54 Å². The number of nitrogens with one attached hydrogen (secondary N) is 1. The molecule has 1 aromatic rings. The van der Waals surface area contributed by atoms with Gasteiger partial charge in [-0.25, -0.2) is 9.18 Å². The second kappa shape index (κ2) is 7.12. The summed E-state index contributed by atoms with van der Waals surface area (Å²) in [5, 5.41) is 2.80. The van der Waals surface area contributed by atoms with E-state index in [2.05, 4.69) is 12.2 Å². The first-order chi connectivity index (χ1) is 9.66. The van der Waals surface area contributed by atoms with E-state index in [0.29, 0.717) is 12.5 Å². The highest BCUT2D eigenvalue weighted by Crippen LogP contribution is 2.16. The average Bonchev–Trinajstić information content (AvgIpc) is 2.46. The zero-order chi connectivity index (χ0) is 14.4. The molecule has 0 radical (unpaired) electrons. The Morgan fingerprint density at radius 3 is 2.80 bits per heavy atom. The van der Waals surface area contributed by atoms with E-state index in [9.17, 15) is 9.18 Å². The second-order valence-electron chi connectivity index (χ2n) is 5.18. The predicted octanol–water partition coefficient (Wildman–Crippen LogP) is 2.65. The van der Waals surface area contributed by atoms with E-state index in [4.69, 9.17) is 4.74 Å². The lowest BCUT2D eigenvalue weighted by Crippen LogP contribution is -2.45. The smallest absolute Gasteiger partial charge is 0.317 e. The van der Waals surface area contributed by atoms with Gasteiger partial charge in [-0.2, -0.15) is 0 Å². The molecule has 0 aliphatic carbocycles. The third kappa shape index (κ3) is 4.11. The first-order valence-electron chi connectivity index (χ1n) is 7.07. The summed E-state index contributed by atoms with van der Waals surface area (Å²) < 4.78 is 18.6. The zero-order valence-electron chi connectivity index (χ0n) is 11.8. The van der Waals surface area contributed by atoms with Crippen molar-refractivity contribution in [2.45, 2.75) is 19.8 Å². The minimum Gasteiger partial charge on any atom is -0.489 e. The largest absolute Gasteiger partial charge is 0.489 e. The molecule has 0 saturated carbocycles. The number of nitrogens with zero attached hydrogens (tertiary/aromatic N) is 1. The van der Waals surface area contributed by atoms with Crippen LogP contribution in [0.15, 0.2) is 24.3 Å². The van der Waals surface area contributed by atoms with Gasteiger partial charge in [0.25, 0.3) is 0 Å². The summed E-state index contributed by atoms with van der Waals surface area (Å²) in [5.41, 5.74) is 0. The third-order valence-corrected chi connectivity index (χ3v) is 3.54. The number of carbonyl (C=O) groups excluding carboxylic acids is 1. The van der Waals surface area contributed by atoms with Gasteiger partial charge in [-0.3, -0.25) is 0 Å². The highest BCUT2D eigenvalue weighted by molar-refractivity contribution is 5.74. The Bertz CT molecular complexity index is 445. The van der Waals surface area contributed by atoms with Crippen LogP contribution in [0.4, 0.5) is 9.18 Å². The van der Waals surface area contributed by atoms with Crippen molar-refractivity contribution in [2.75, 3.05) is 26.2 Å². The van der Waals surface area contributed by atoms with E-state index < -0.39 is 0 Å². The van der Waals surface area contributed by atoms with Gasteiger partial charge in [0, 0.05) is 13.1 Å². The van der Waals surface area contributed by atoms with Crippen LogP contribution < -0.4 is 10.1 Å². The number of hydrogen-bond acceptors (Lipinski definition) is 2. The number of carbonyl (C=O) groups is 1. The molecule has 4 nitrogen and oxygen atoms in total. The highest BCUT2D eigenvalue weighted by atomic mass is 19.1. The van der Waals surface area contributed by atoms with Gasteiger partial charge >= 0.3 is 6.03 Å². The molecular formula is C15H21FN2O2. The van der Waals surface area contributed by atoms with Gasteiger partial charge in [-0.05, 0) is 30.9 Å². The topological polar surface area (TPSA) is 41.6 Å². The Hall–Kier alpha value is -1.78. The summed E-state index contributed by atoms with van der Waals surface area (Å²) in [7, 11) is 0. The van der Waals surface area contributed by atoms with E-state index in [1.165, 1.54) is 6.07 Å². The van der Waals surface area contributed by atoms with Gasteiger partial charge in [-0.15, -0.1) is 0 Å². The summed E-state index contributed by atoms with van der Waals surface area (Å²) in [6.07, 6.45) is 2.11. The number of piperidine rings is 1. The fraction of sp³-hybridized carbons (Fsp3) is 0.533. The summed E-state index contributed by atoms with van der Waals surface area (Å²) in [5.74, 6) is 0.529. The Morgan fingerprint density at radius 1 is 1.40 bits per heavy atom. The van der Waals surface area contributed by atoms with Gasteiger partial charge in [0.15, 0.2) is 11.6 Å². The van der Waals surface area contributed by atoms with Crippen LogP contribution in [0, 0.1) is 11.7 Å². The number of amides is 2. The molecule has 1 aliphatic heterocycles. The lowest BCUT2D eigenvalue weighted by atomic mass is 10.00. The molecule has 1 fully saturated rings. The Kier molecular flexibility index (Phi) is 5.21. The van der Waals surface area contributed by atoms with Crippen molar-refractivity contribution >= 4 is 6.03 Å². The molecule has 0 atom stereocenters. The van der Waals surface area contributed by atoms with Crippen molar-refractivity contribution in [3.8, 4) is 5.75 Å². The molecule has 2 rings (SSSR count). The predicted molar refractivity (Wildman–Crippen MR) is 75.3 cm³/mol. The fourth-order valence-corrected chi connectivity index (χ4v) is 2.20. The van der Waals surface area contributed by atoms with Crippen molar-refractivity contribution in [2.24, 2.45) is 5.92 Å². The molecule has 1 N–H and O–H groups in total. The SMILES string of the molecule is CC1CCN(C(=O)NCCOc2ccccc2F)CC1. The first-order valence-corrected chi connectivity index (χ1v) is 7.07. The summed E-state index contributed by atoms with van der Waals surface area (Å²) in [4.78, 5) is 13.7. The van der Waals surface area contributed by atoms with Crippen molar-refractivity contribution in [1.82, 2.24) is 10.2 Å². The Balaban J connectivity index is 1.66. The average molecular weight is 280 g/mol. The lowest BCUT2D eigenvalue weighted by Gasteiger charge is -2.30. The van der Waals surface area contributed by atoms with E-state index in [1.54, 1.807) is 18.2 Å². The van der Waals surface area contributed by atoms with Crippen LogP contribution in [-0.4, -0.2) is 37.2 Å². The monoisotopic (exact) mass is 280 g/mol. The minimum atomic E-state index is -0.385. The van der Waals surface area contributed by atoms with Gasteiger partial charge in [0.1, 0.15) is 6.61 Å². The molecular weight excluding hydrogens is 259 g/mol. The Morgan fingerprint density at radius 2 is 2.10 bits per heavy atom. The van der Waals surface area contributed by atoms with Crippen LogP contribution in [-0.2, 0) is 0 Å². The number of para-hydroxylation sites is 1. The third-order valence-electron chi connectivity index (χ3n) is 3.54. The number of rotatable bonds is 4. The van der Waals surface area contributed by atoms with Crippen LogP contribution in [0.5, 0.6) is 5.75 Å². The van der Waals surface area contributed by atoms with Crippen molar-refractivity contribution in [3.63, 3.8) is 0 Å². The number of hydrogen-bond donors (Lipinski definition) is 1. The molecule has 110 valence electrons. The maximum atomic E-state index is 13.3. The fourth-order valence-electron chi connectivity index (χ4n) is 2.20. The van der Waals surface area contributed by atoms with Crippen LogP contribution >= 0.6 is 0 Å². The van der Waals surface area contributed by atoms with Crippen LogP contribution in [0.25, 0.3) is 0 Å². The molecule has 20 heavy (non-hydrogen) atoms. The number of urea groups is 1. The highest BCUT2D eigenvalue weighted by Gasteiger charge is 2.19. The van der Waals surface area contributed by atoms with E-state index in [1.807, 2.05) is 4.90 Å². The van der Waals surface area contributed by atoms with Gasteiger partial charge in [-0.1, -0.05) is 19.1 Å². The van der Waals surface area contributed by atoms with E-state index in [-0.39, 0.29) is 24.2 Å². The van der Waals surface area contributed by atoms with Crippen LogP contribution in [0.3, 0.4) is 0 Å². The van der Waals surface area contributed by atoms with Gasteiger partial charge in [0.2, 0.25) is 0 Å². The Labute approximate surface area is 118 Å². The quantitative estimate of drug-likeness (QED) is 0.861. The molecule has 0 spiro atoms. The van der Waals surface area contributed by atoms with E-state index in [0.717, 1.165) is 25.9 Å². The van der Waals surface area contributed by atoms with Crippen LogP contribution in [0.2, 0.25) is 0 Å². The molecule has 1 saturated heterocycles. The summed E-state index contributed by atoms with van der Waals surface area (Å²) in [6, 6.07) is 6.19. The van der Waals surface area contributed by atoms with Crippen molar-refractivity contribution < 1.29 is 13.9 Å². The first kappa shape index (κ1) is 14.6. The zero-order valence-corrected chi connectivity index (χ0v) is 11.8. The lowest BCUT2D eigenvalue weighted by molar-refractivity contribution is 0.171. The minimum absolute atomic E-state index is 0.0611. The molecule has 5 heteroatoms. The summed E-state index contributed by atoms with van der Waals surface area (Å²) in [6.45, 7) is 4.45. The standard InChI is InChI=1S/C15H21FN2O2/c1-12-6-9-18(10-7-12)15(19)17-8-11-20-14-5-3-2-4-13(14)16/h2-5,12H,6-11H2,1H3,(H,17,19). The normalized spacial score (nSPS) is 16.0. The van der Waals surface area contributed by atoms with Gasteiger partial charge < -0.3 is 15.0 Å². The molecule has 2 amide bonds.